The molecular formula is C19H23N3O2. The molecule has 0 aliphatic carbocycles. The first-order valence-electron chi connectivity index (χ1n) is 8.37. The number of ether oxygens (including phenoxy) is 1. The van der Waals surface area contributed by atoms with Gasteiger partial charge in [-0.2, -0.15) is 0 Å². The molecule has 2 aromatic rings. The lowest BCUT2D eigenvalue weighted by atomic mass is 10.1. The van der Waals surface area contributed by atoms with Gasteiger partial charge in [-0.05, 0) is 62.7 Å². The van der Waals surface area contributed by atoms with E-state index in [1.165, 1.54) is 0 Å². The number of aryl methyl sites for hydroxylation is 1. The van der Waals surface area contributed by atoms with E-state index in [1.54, 1.807) is 6.20 Å². The maximum atomic E-state index is 12.4. The third-order valence-corrected chi connectivity index (χ3v) is 4.15. The molecule has 1 fully saturated rings. The maximum Gasteiger partial charge on any atom is 0.251 e. The number of rotatable bonds is 5. The van der Waals surface area contributed by atoms with Gasteiger partial charge in [-0.3, -0.25) is 9.78 Å². The van der Waals surface area contributed by atoms with Crippen molar-refractivity contribution in [3.8, 4) is 5.75 Å². The third kappa shape index (κ3) is 4.55. The predicted octanol–water partition coefficient (Wildman–Crippen LogP) is 2.45. The lowest BCUT2D eigenvalue weighted by Gasteiger charge is -2.23. The fraction of sp³-hybridized carbons (Fsp3) is 0.368. The van der Waals surface area contributed by atoms with Crippen LogP contribution < -0.4 is 15.4 Å². The number of nitrogens with zero attached hydrogens (tertiary/aromatic N) is 1. The smallest absolute Gasteiger partial charge is 0.251 e. The van der Waals surface area contributed by atoms with Gasteiger partial charge in [0, 0.05) is 17.3 Å². The lowest BCUT2D eigenvalue weighted by molar-refractivity contribution is 0.0929. The van der Waals surface area contributed by atoms with E-state index < -0.39 is 0 Å². The Morgan fingerprint density at radius 1 is 1.29 bits per heavy atom. The number of pyridine rings is 1. The summed E-state index contributed by atoms with van der Waals surface area (Å²) in [5.74, 6) is 0.714. The van der Waals surface area contributed by atoms with Crippen LogP contribution in [0.15, 0.2) is 42.6 Å². The molecular weight excluding hydrogens is 302 g/mol. The molecule has 1 aromatic carbocycles. The number of piperidine rings is 1. The molecule has 0 spiro atoms. The molecule has 1 aliphatic heterocycles. The second-order valence-electron chi connectivity index (χ2n) is 6.12. The van der Waals surface area contributed by atoms with Gasteiger partial charge in [0.1, 0.15) is 12.4 Å². The van der Waals surface area contributed by atoms with E-state index >= 15 is 0 Å². The highest BCUT2D eigenvalue weighted by molar-refractivity contribution is 5.94. The first-order valence-corrected chi connectivity index (χ1v) is 8.37. The Labute approximate surface area is 142 Å². The van der Waals surface area contributed by atoms with Gasteiger partial charge < -0.3 is 15.4 Å². The van der Waals surface area contributed by atoms with Crippen LogP contribution in [0.3, 0.4) is 0 Å². The van der Waals surface area contributed by atoms with Crippen LogP contribution in [0, 0.1) is 6.92 Å². The highest BCUT2D eigenvalue weighted by Crippen LogP contribution is 2.13. The summed E-state index contributed by atoms with van der Waals surface area (Å²) in [6, 6.07) is 11.7. The number of hydrogen-bond donors (Lipinski definition) is 2. The molecule has 126 valence electrons. The van der Waals surface area contributed by atoms with Crippen molar-refractivity contribution < 1.29 is 9.53 Å². The normalized spacial score (nSPS) is 15.0. The molecule has 24 heavy (non-hydrogen) atoms. The Morgan fingerprint density at radius 3 is 2.88 bits per heavy atom. The second-order valence-corrected chi connectivity index (χ2v) is 6.12. The van der Waals surface area contributed by atoms with Gasteiger partial charge >= 0.3 is 0 Å². The molecule has 1 amide bonds. The average Bonchev–Trinajstić information content (AvgIpc) is 2.62. The number of aromatic nitrogens is 1. The molecule has 0 saturated carbocycles. The van der Waals surface area contributed by atoms with Gasteiger partial charge in [-0.15, -0.1) is 0 Å². The number of nitrogens with one attached hydrogen (secondary N) is 2. The average molecular weight is 325 g/mol. The van der Waals surface area contributed by atoms with Gasteiger partial charge in [0.25, 0.3) is 5.91 Å². The lowest BCUT2D eigenvalue weighted by Crippen LogP contribution is -2.42. The first-order chi connectivity index (χ1) is 11.7. The van der Waals surface area contributed by atoms with Crippen LogP contribution >= 0.6 is 0 Å². The van der Waals surface area contributed by atoms with E-state index in [1.807, 2.05) is 43.3 Å². The summed E-state index contributed by atoms with van der Waals surface area (Å²) in [4.78, 5) is 16.6. The molecule has 5 heteroatoms. The van der Waals surface area contributed by atoms with E-state index in [2.05, 4.69) is 15.6 Å². The molecule has 0 unspecified atom stereocenters. The summed E-state index contributed by atoms with van der Waals surface area (Å²) < 4.78 is 5.73. The second kappa shape index (κ2) is 7.93. The van der Waals surface area contributed by atoms with Crippen LogP contribution in [-0.2, 0) is 6.61 Å². The zero-order chi connectivity index (χ0) is 16.8. The molecule has 3 rings (SSSR count). The minimum absolute atomic E-state index is 0.0132. The van der Waals surface area contributed by atoms with Crippen molar-refractivity contribution in [2.24, 2.45) is 0 Å². The van der Waals surface area contributed by atoms with Crippen LogP contribution in [0.2, 0.25) is 0 Å². The van der Waals surface area contributed by atoms with Gasteiger partial charge in [0.15, 0.2) is 0 Å². The number of carbonyl (C=O) groups excluding carboxylic acids is 1. The van der Waals surface area contributed by atoms with Crippen molar-refractivity contribution in [3.63, 3.8) is 0 Å². The van der Waals surface area contributed by atoms with Gasteiger partial charge in [-0.1, -0.05) is 12.1 Å². The minimum atomic E-state index is -0.0132. The standard InChI is InChI=1S/C19H23N3O2/c1-14-5-6-18(12-21-14)24-13-15-3-2-4-16(11-15)19(23)22-17-7-9-20-10-8-17/h2-6,11-12,17,20H,7-10,13H2,1H3,(H,22,23). The monoisotopic (exact) mass is 325 g/mol. The highest BCUT2D eigenvalue weighted by Gasteiger charge is 2.16. The van der Waals surface area contributed by atoms with Crippen LogP contribution in [-0.4, -0.2) is 30.0 Å². The van der Waals surface area contributed by atoms with Gasteiger partial charge in [0.2, 0.25) is 0 Å². The summed E-state index contributed by atoms with van der Waals surface area (Å²) in [6.45, 7) is 4.28. The minimum Gasteiger partial charge on any atom is -0.487 e. The van der Waals surface area contributed by atoms with Gasteiger partial charge in [0.05, 0.1) is 6.20 Å². The quantitative estimate of drug-likeness (QED) is 0.886. The number of carbonyl (C=O) groups is 1. The first kappa shape index (κ1) is 16.5. The Kier molecular flexibility index (Phi) is 5.43. The Balaban J connectivity index is 1.58. The molecule has 1 saturated heterocycles. The zero-order valence-electron chi connectivity index (χ0n) is 13.9. The van der Waals surface area contributed by atoms with E-state index in [4.69, 9.17) is 4.74 Å². The van der Waals surface area contributed by atoms with Crippen LogP contribution in [0.5, 0.6) is 5.75 Å². The maximum absolute atomic E-state index is 12.4. The molecule has 1 aromatic heterocycles. The molecule has 1 aliphatic rings. The molecule has 0 bridgehead atoms. The van der Waals surface area contributed by atoms with E-state index in [-0.39, 0.29) is 11.9 Å². The van der Waals surface area contributed by atoms with Crippen molar-refractivity contribution >= 4 is 5.91 Å². The molecule has 0 radical (unpaired) electrons. The Hall–Kier alpha value is -2.40. The van der Waals surface area contributed by atoms with Crippen molar-refractivity contribution in [1.82, 2.24) is 15.6 Å². The van der Waals surface area contributed by atoms with Gasteiger partial charge in [-0.25, -0.2) is 0 Å². The van der Waals surface area contributed by atoms with E-state index in [9.17, 15) is 4.79 Å². The number of benzene rings is 1. The van der Waals surface area contributed by atoms with Crippen molar-refractivity contribution in [3.05, 3.63) is 59.4 Å². The van der Waals surface area contributed by atoms with Crippen molar-refractivity contribution in [2.75, 3.05) is 13.1 Å². The van der Waals surface area contributed by atoms with E-state index in [0.29, 0.717) is 12.2 Å². The molecule has 0 atom stereocenters. The zero-order valence-corrected chi connectivity index (χ0v) is 13.9. The Bertz CT molecular complexity index is 679. The molecule has 5 nitrogen and oxygen atoms in total. The van der Waals surface area contributed by atoms with Crippen LogP contribution in [0.4, 0.5) is 0 Å². The fourth-order valence-electron chi connectivity index (χ4n) is 2.74. The van der Waals surface area contributed by atoms with E-state index in [0.717, 1.165) is 42.9 Å². The summed E-state index contributed by atoms with van der Waals surface area (Å²) in [6.07, 6.45) is 3.67. The van der Waals surface area contributed by atoms with Crippen molar-refractivity contribution in [1.29, 1.82) is 0 Å². The topological polar surface area (TPSA) is 63.2 Å². The molecule has 2 N–H and O–H groups in total. The Morgan fingerprint density at radius 2 is 2.12 bits per heavy atom. The van der Waals surface area contributed by atoms with Crippen molar-refractivity contribution in [2.45, 2.75) is 32.4 Å². The highest BCUT2D eigenvalue weighted by atomic mass is 16.5. The summed E-state index contributed by atoms with van der Waals surface area (Å²) in [5, 5.41) is 6.41. The predicted molar refractivity (Wildman–Crippen MR) is 93.1 cm³/mol. The molecule has 2 heterocycles. The third-order valence-electron chi connectivity index (χ3n) is 4.15. The number of hydrogen-bond acceptors (Lipinski definition) is 4. The van der Waals surface area contributed by atoms with Crippen LogP contribution in [0.25, 0.3) is 0 Å². The van der Waals surface area contributed by atoms with Crippen LogP contribution in [0.1, 0.15) is 34.5 Å². The largest absolute Gasteiger partial charge is 0.487 e. The fourth-order valence-corrected chi connectivity index (χ4v) is 2.74. The SMILES string of the molecule is Cc1ccc(OCc2cccc(C(=O)NC3CCNCC3)c2)cn1. The summed E-state index contributed by atoms with van der Waals surface area (Å²) in [7, 11) is 0. The number of amides is 1. The summed E-state index contributed by atoms with van der Waals surface area (Å²) >= 11 is 0. The summed E-state index contributed by atoms with van der Waals surface area (Å²) in [5.41, 5.74) is 2.60.